The first-order valence-corrected chi connectivity index (χ1v) is 9.93. The van der Waals surface area contributed by atoms with E-state index in [1.807, 2.05) is 35.7 Å². The van der Waals surface area contributed by atoms with Crippen LogP contribution in [0.3, 0.4) is 0 Å². The van der Waals surface area contributed by atoms with E-state index in [-0.39, 0.29) is 5.91 Å². The molecule has 6 heteroatoms. The van der Waals surface area contributed by atoms with Gasteiger partial charge in [0.05, 0.1) is 12.2 Å². The van der Waals surface area contributed by atoms with Crippen LogP contribution in [0.4, 0.5) is 0 Å². The molecule has 1 amide bonds. The summed E-state index contributed by atoms with van der Waals surface area (Å²) in [4.78, 5) is 16.8. The predicted octanol–water partition coefficient (Wildman–Crippen LogP) is 4.22. The molecule has 4 rings (SSSR count). The number of nitrogens with zero attached hydrogens (tertiary/aromatic N) is 1. The molecule has 0 saturated carbocycles. The van der Waals surface area contributed by atoms with E-state index in [1.165, 1.54) is 11.6 Å². The van der Waals surface area contributed by atoms with E-state index >= 15 is 0 Å². The number of amides is 1. The Kier molecular flexibility index (Phi) is 5.39. The highest BCUT2D eigenvalue weighted by atomic mass is 32.1. The normalized spacial score (nSPS) is 12.9. The molecular weight excluding hydrogens is 372 g/mol. The summed E-state index contributed by atoms with van der Waals surface area (Å²) in [6.45, 7) is 3.57. The van der Waals surface area contributed by atoms with Crippen LogP contribution < -0.4 is 14.8 Å². The number of hydrogen-bond donors (Lipinski definition) is 1. The largest absolute Gasteiger partial charge is 0.486 e. The Hall–Kier alpha value is -3.12. The molecule has 0 radical (unpaired) electrons. The fraction of sp³-hybridized carbons (Fsp3) is 0.182. The maximum Gasteiger partial charge on any atom is 0.244 e. The van der Waals surface area contributed by atoms with E-state index in [9.17, 15) is 4.79 Å². The summed E-state index contributed by atoms with van der Waals surface area (Å²) in [5.41, 5.74) is 4.05. The van der Waals surface area contributed by atoms with Crippen LogP contribution in [0.15, 0.2) is 53.9 Å². The molecular formula is C22H20N2O3S. The van der Waals surface area contributed by atoms with Crippen molar-refractivity contribution < 1.29 is 14.3 Å². The molecule has 0 fully saturated rings. The maximum absolute atomic E-state index is 12.1. The number of fused-ring (bicyclic) bond motifs is 1. The first-order chi connectivity index (χ1) is 13.7. The van der Waals surface area contributed by atoms with Gasteiger partial charge in [0, 0.05) is 17.0 Å². The minimum absolute atomic E-state index is 0.166. The van der Waals surface area contributed by atoms with E-state index in [0.717, 1.165) is 27.6 Å². The third-order valence-corrected chi connectivity index (χ3v) is 5.29. The third kappa shape index (κ3) is 4.23. The summed E-state index contributed by atoms with van der Waals surface area (Å²) in [5, 5.41) is 5.82. The van der Waals surface area contributed by atoms with E-state index in [2.05, 4.69) is 29.4 Å². The molecule has 2 aromatic carbocycles. The van der Waals surface area contributed by atoms with Gasteiger partial charge in [-0.2, -0.15) is 0 Å². The molecule has 1 aromatic heterocycles. The van der Waals surface area contributed by atoms with Gasteiger partial charge in [-0.3, -0.25) is 4.79 Å². The topological polar surface area (TPSA) is 60.5 Å². The van der Waals surface area contributed by atoms with E-state index < -0.39 is 0 Å². The summed E-state index contributed by atoms with van der Waals surface area (Å²) in [7, 11) is 0. The van der Waals surface area contributed by atoms with Gasteiger partial charge in [-0.25, -0.2) is 4.98 Å². The van der Waals surface area contributed by atoms with Gasteiger partial charge in [-0.1, -0.05) is 30.3 Å². The van der Waals surface area contributed by atoms with Crippen molar-refractivity contribution in [2.45, 2.75) is 13.5 Å². The van der Waals surface area contributed by atoms with Gasteiger partial charge in [-0.15, -0.1) is 11.3 Å². The fourth-order valence-corrected chi connectivity index (χ4v) is 3.81. The number of aryl methyl sites for hydroxylation is 1. The predicted molar refractivity (Wildman–Crippen MR) is 111 cm³/mol. The van der Waals surface area contributed by atoms with Gasteiger partial charge in [-0.05, 0) is 36.3 Å². The molecule has 1 N–H and O–H groups in total. The van der Waals surface area contributed by atoms with Gasteiger partial charge in [0.25, 0.3) is 0 Å². The Morgan fingerprint density at radius 3 is 2.86 bits per heavy atom. The highest BCUT2D eigenvalue weighted by Crippen LogP contribution is 2.31. The Labute approximate surface area is 167 Å². The van der Waals surface area contributed by atoms with Gasteiger partial charge in [0.2, 0.25) is 5.91 Å². The first-order valence-electron chi connectivity index (χ1n) is 9.05. The van der Waals surface area contributed by atoms with Crippen molar-refractivity contribution in [3.05, 3.63) is 70.7 Å². The summed E-state index contributed by atoms with van der Waals surface area (Å²) < 4.78 is 11.1. The van der Waals surface area contributed by atoms with Gasteiger partial charge in [0.15, 0.2) is 11.5 Å². The number of rotatable bonds is 5. The van der Waals surface area contributed by atoms with Gasteiger partial charge >= 0.3 is 0 Å². The summed E-state index contributed by atoms with van der Waals surface area (Å²) >= 11 is 1.59. The highest BCUT2D eigenvalue weighted by Gasteiger charge is 2.11. The van der Waals surface area contributed by atoms with Crippen LogP contribution in [0.2, 0.25) is 0 Å². The Morgan fingerprint density at radius 1 is 1.18 bits per heavy atom. The zero-order valence-corrected chi connectivity index (χ0v) is 16.3. The Balaban J connectivity index is 1.35. The van der Waals surface area contributed by atoms with Crippen molar-refractivity contribution in [3.8, 4) is 22.1 Å². The van der Waals surface area contributed by atoms with Crippen LogP contribution in [0, 0.1) is 6.92 Å². The second kappa shape index (κ2) is 8.27. The standard InChI is InChI=1S/C22H20N2O3S/c1-15-4-2-3-5-18(15)22-24-17(14-28-22)13-23-21(25)9-7-16-6-8-19-20(12-16)27-11-10-26-19/h2-9,12,14H,10-11,13H2,1H3,(H,23,25)/b9-7-. The first kappa shape index (κ1) is 18.3. The second-order valence-corrected chi connectivity index (χ2v) is 7.27. The van der Waals surface area contributed by atoms with Crippen molar-refractivity contribution in [2.24, 2.45) is 0 Å². The quantitative estimate of drug-likeness (QED) is 0.661. The van der Waals surface area contributed by atoms with Gasteiger partial charge < -0.3 is 14.8 Å². The van der Waals surface area contributed by atoms with Crippen molar-refractivity contribution in [1.82, 2.24) is 10.3 Å². The number of ether oxygens (including phenoxy) is 2. The molecule has 3 aromatic rings. The molecule has 142 valence electrons. The van der Waals surface area contributed by atoms with Crippen LogP contribution >= 0.6 is 11.3 Å². The number of aromatic nitrogens is 1. The Morgan fingerprint density at radius 2 is 2.00 bits per heavy atom. The molecule has 1 aliphatic heterocycles. The molecule has 0 saturated heterocycles. The SMILES string of the molecule is Cc1ccccc1-c1nc(CNC(=O)/C=C\c2ccc3c(c2)OCCO3)cs1. The van der Waals surface area contributed by atoms with E-state index in [1.54, 1.807) is 17.4 Å². The Bertz CT molecular complexity index is 1030. The zero-order chi connectivity index (χ0) is 19.3. The van der Waals surface area contributed by atoms with Crippen LogP contribution in [0.5, 0.6) is 11.5 Å². The number of thiazole rings is 1. The molecule has 0 unspecified atom stereocenters. The van der Waals surface area contributed by atoms with Crippen LogP contribution in [0.1, 0.15) is 16.8 Å². The summed E-state index contributed by atoms with van der Waals surface area (Å²) in [6.07, 6.45) is 3.27. The lowest BCUT2D eigenvalue weighted by molar-refractivity contribution is -0.116. The minimum atomic E-state index is -0.166. The molecule has 0 aliphatic carbocycles. The van der Waals surface area contributed by atoms with E-state index in [4.69, 9.17) is 9.47 Å². The van der Waals surface area contributed by atoms with Crippen LogP contribution in [-0.4, -0.2) is 24.1 Å². The lowest BCUT2D eigenvalue weighted by atomic mass is 10.1. The fourth-order valence-electron chi connectivity index (χ4n) is 2.90. The number of nitrogens with one attached hydrogen (secondary N) is 1. The summed E-state index contributed by atoms with van der Waals surface area (Å²) in [6, 6.07) is 13.8. The second-order valence-electron chi connectivity index (χ2n) is 6.41. The maximum atomic E-state index is 12.1. The number of carbonyl (C=O) groups excluding carboxylic acids is 1. The minimum Gasteiger partial charge on any atom is -0.486 e. The molecule has 0 atom stereocenters. The highest BCUT2D eigenvalue weighted by molar-refractivity contribution is 7.13. The van der Waals surface area contributed by atoms with E-state index in [0.29, 0.717) is 25.5 Å². The molecule has 2 heterocycles. The van der Waals surface area contributed by atoms with Crippen molar-refractivity contribution in [3.63, 3.8) is 0 Å². The van der Waals surface area contributed by atoms with Crippen molar-refractivity contribution >= 4 is 23.3 Å². The molecule has 5 nitrogen and oxygen atoms in total. The van der Waals surface area contributed by atoms with Crippen molar-refractivity contribution in [1.29, 1.82) is 0 Å². The lowest BCUT2D eigenvalue weighted by Crippen LogP contribution is -2.20. The van der Waals surface area contributed by atoms with Crippen molar-refractivity contribution in [2.75, 3.05) is 13.2 Å². The molecule has 0 bridgehead atoms. The summed E-state index contributed by atoms with van der Waals surface area (Å²) in [5.74, 6) is 1.28. The number of hydrogen-bond acceptors (Lipinski definition) is 5. The van der Waals surface area contributed by atoms with Crippen LogP contribution in [-0.2, 0) is 11.3 Å². The molecule has 28 heavy (non-hydrogen) atoms. The van der Waals surface area contributed by atoms with Crippen LogP contribution in [0.25, 0.3) is 16.6 Å². The molecule has 1 aliphatic rings. The average molecular weight is 392 g/mol. The van der Waals surface area contributed by atoms with Gasteiger partial charge in [0.1, 0.15) is 18.2 Å². The number of benzene rings is 2. The average Bonchev–Trinajstić information content (AvgIpc) is 3.19. The lowest BCUT2D eigenvalue weighted by Gasteiger charge is -2.18. The zero-order valence-electron chi connectivity index (χ0n) is 15.5. The number of carbonyl (C=O) groups is 1. The monoisotopic (exact) mass is 392 g/mol. The molecule has 0 spiro atoms. The smallest absolute Gasteiger partial charge is 0.244 e. The third-order valence-electron chi connectivity index (χ3n) is 4.36.